The molecule has 1 aliphatic rings. The van der Waals surface area contributed by atoms with E-state index in [1.807, 2.05) is 7.05 Å². The molecule has 3 heteroatoms. The van der Waals surface area contributed by atoms with Gasteiger partial charge in [0, 0.05) is 12.5 Å². The summed E-state index contributed by atoms with van der Waals surface area (Å²) in [7, 11) is 1.91. The van der Waals surface area contributed by atoms with Gasteiger partial charge in [-0.05, 0) is 32.0 Å². The van der Waals surface area contributed by atoms with E-state index < -0.39 is 0 Å². The molecular formula is C9H13N3. The average Bonchev–Trinajstić information content (AvgIpc) is 2.89. The Labute approximate surface area is 72.2 Å². The Morgan fingerprint density at radius 1 is 1.42 bits per heavy atom. The first-order chi connectivity index (χ1) is 5.90. The van der Waals surface area contributed by atoms with E-state index in [1.54, 1.807) is 0 Å². The molecule has 1 aromatic rings. The molecule has 3 nitrogen and oxygen atoms in total. The van der Waals surface area contributed by atoms with E-state index in [0.29, 0.717) is 5.92 Å². The minimum atomic E-state index is 0.709. The molecule has 1 heterocycles. The molecule has 1 aliphatic carbocycles. The monoisotopic (exact) mass is 163 g/mol. The molecule has 1 N–H and O–H groups in total. The van der Waals surface area contributed by atoms with Gasteiger partial charge in [0.15, 0.2) is 0 Å². The minimum absolute atomic E-state index is 0.709. The van der Waals surface area contributed by atoms with Crippen LogP contribution in [0.2, 0.25) is 0 Å². The van der Waals surface area contributed by atoms with Gasteiger partial charge in [0.25, 0.3) is 0 Å². The van der Waals surface area contributed by atoms with Crippen LogP contribution in [0.4, 0.5) is 0 Å². The van der Waals surface area contributed by atoms with Crippen LogP contribution < -0.4 is 5.32 Å². The first-order valence-electron chi connectivity index (χ1n) is 4.37. The fourth-order valence-electron chi connectivity index (χ4n) is 1.24. The number of aromatic nitrogens is 2. The van der Waals surface area contributed by atoms with Crippen molar-refractivity contribution in [1.29, 1.82) is 0 Å². The third kappa shape index (κ3) is 1.61. The maximum absolute atomic E-state index is 4.17. The Balaban J connectivity index is 2.08. The second kappa shape index (κ2) is 3.19. The third-order valence-electron chi connectivity index (χ3n) is 2.09. The molecule has 0 aromatic carbocycles. The standard InChI is InChI=1S/C9H13N3/c1-10-6-8-4-5-9(12-11-8)7-2-3-7/h4-5,7,10H,2-3,6H2,1H3. The maximum atomic E-state index is 4.17. The third-order valence-corrected chi connectivity index (χ3v) is 2.09. The van der Waals surface area contributed by atoms with Crippen LogP contribution in [-0.4, -0.2) is 17.2 Å². The van der Waals surface area contributed by atoms with Crippen molar-refractivity contribution in [3.63, 3.8) is 0 Å². The van der Waals surface area contributed by atoms with Gasteiger partial charge in [0.2, 0.25) is 0 Å². The van der Waals surface area contributed by atoms with Crippen LogP contribution in [0.5, 0.6) is 0 Å². The Morgan fingerprint density at radius 2 is 2.25 bits per heavy atom. The smallest absolute Gasteiger partial charge is 0.0769 e. The quantitative estimate of drug-likeness (QED) is 0.724. The van der Waals surface area contributed by atoms with Gasteiger partial charge in [-0.15, -0.1) is 0 Å². The van der Waals surface area contributed by atoms with Crippen LogP contribution >= 0.6 is 0 Å². The molecule has 1 saturated carbocycles. The van der Waals surface area contributed by atoms with Crippen molar-refractivity contribution in [3.05, 3.63) is 23.5 Å². The summed E-state index contributed by atoms with van der Waals surface area (Å²) < 4.78 is 0. The molecule has 0 bridgehead atoms. The summed E-state index contributed by atoms with van der Waals surface area (Å²) in [4.78, 5) is 0. The van der Waals surface area contributed by atoms with Gasteiger partial charge in [0.1, 0.15) is 0 Å². The molecule has 2 rings (SSSR count). The number of rotatable bonds is 3. The SMILES string of the molecule is CNCc1ccc(C2CC2)nn1. The topological polar surface area (TPSA) is 37.8 Å². The molecule has 1 aromatic heterocycles. The average molecular weight is 163 g/mol. The van der Waals surface area contributed by atoms with E-state index in [0.717, 1.165) is 17.9 Å². The molecule has 0 saturated heterocycles. The summed E-state index contributed by atoms with van der Waals surface area (Å²) in [5.41, 5.74) is 2.18. The van der Waals surface area contributed by atoms with Crippen molar-refractivity contribution in [2.75, 3.05) is 7.05 Å². The van der Waals surface area contributed by atoms with Crippen molar-refractivity contribution in [3.8, 4) is 0 Å². The van der Waals surface area contributed by atoms with Gasteiger partial charge in [0.05, 0.1) is 11.4 Å². The second-order valence-corrected chi connectivity index (χ2v) is 3.25. The van der Waals surface area contributed by atoms with Crippen LogP contribution in [0.3, 0.4) is 0 Å². The van der Waals surface area contributed by atoms with E-state index in [4.69, 9.17) is 0 Å². The summed E-state index contributed by atoms with van der Waals surface area (Å²) in [6.45, 7) is 0.804. The van der Waals surface area contributed by atoms with Crippen LogP contribution in [-0.2, 0) is 6.54 Å². The summed E-state index contributed by atoms with van der Waals surface area (Å²) >= 11 is 0. The summed E-state index contributed by atoms with van der Waals surface area (Å²) in [6.07, 6.45) is 2.58. The molecule has 12 heavy (non-hydrogen) atoms. The van der Waals surface area contributed by atoms with Gasteiger partial charge in [-0.25, -0.2) is 0 Å². The van der Waals surface area contributed by atoms with E-state index in [1.165, 1.54) is 12.8 Å². The molecule has 0 aliphatic heterocycles. The first-order valence-corrected chi connectivity index (χ1v) is 4.37. The molecule has 0 amide bonds. The largest absolute Gasteiger partial charge is 0.314 e. The highest BCUT2D eigenvalue weighted by molar-refractivity contribution is 5.15. The highest BCUT2D eigenvalue weighted by Crippen LogP contribution is 2.38. The normalized spacial score (nSPS) is 16.4. The fraction of sp³-hybridized carbons (Fsp3) is 0.556. The molecular weight excluding hydrogens is 150 g/mol. The van der Waals surface area contributed by atoms with Crippen LogP contribution in [0.15, 0.2) is 12.1 Å². The zero-order chi connectivity index (χ0) is 8.39. The van der Waals surface area contributed by atoms with Crippen molar-refractivity contribution in [2.24, 2.45) is 0 Å². The fourth-order valence-corrected chi connectivity index (χ4v) is 1.24. The molecule has 0 atom stereocenters. The highest BCUT2D eigenvalue weighted by atomic mass is 15.1. The van der Waals surface area contributed by atoms with Gasteiger partial charge in [-0.2, -0.15) is 10.2 Å². The molecule has 0 radical (unpaired) electrons. The summed E-state index contributed by atoms with van der Waals surface area (Å²) in [5.74, 6) is 0.709. The maximum Gasteiger partial charge on any atom is 0.0769 e. The van der Waals surface area contributed by atoms with Gasteiger partial charge < -0.3 is 5.32 Å². The number of hydrogen-bond acceptors (Lipinski definition) is 3. The second-order valence-electron chi connectivity index (χ2n) is 3.25. The van der Waals surface area contributed by atoms with E-state index >= 15 is 0 Å². The highest BCUT2D eigenvalue weighted by Gasteiger charge is 2.24. The number of nitrogens with one attached hydrogen (secondary N) is 1. The Hall–Kier alpha value is -0.960. The Bertz CT molecular complexity index is 251. The van der Waals surface area contributed by atoms with Gasteiger partial charge >= 0.3 is 0 Å². The predicted octanol–water partition coefficient (Wildman–Crippen LogP) is 1.07. The van der Waals surface area contributed by atoms with Crippen molar-refractivity contribution in [2.45, 2.75) is 25.3 Å². The van der Waals surface area contributed by atoms with Crippen LogP contribution in [0.25, 0.3) is 0 Å². The number of nitrogens with zero attached hydrogens (tertiary/aromatic N) is 2. The summed E-state index contributed by atoms with van der Waals surface area (Å²) in [5, 5.41) is 11.3. The first kappa shape index (κ1) is 7.68. The van der Waals surface area contributed by atoms with E-state index in [-0.39, 0.29) is 0 Å². The Morgan fingerprint density at radius 3 is 2.75 bits per heavy atom. The van der Waals surface area contributed by atoms with Gasteiger partial charge in [-0.3, -0.25) is 0 Å². The lowest BCUT2D eigenvalue weighted by Crippen LogP contribution is -2.08. The lowest BCUT2D eigenvalue weighted by atomic mass is 10.2. The lowest BCUT2D eigenvalue weighted by molar-refractivity contribution is 0.755. The molecule has 0 unspecified atom stereocenters. The lowest BCUT2D eigenvalue weighted by Gasteiger charge is -1.98. The molecule has 0 spiro atoms. The zero-order valence-corrected chi connectivity index (χ0v) is 7.25. The molecule has 1 fully saturated rings. The van der Waals surface area contributed by atoms with Crippen molar-refractivity contribution < 1.29 is 0 Å². The minimum Gasteiger partial charge on any atom is -0.314 e. The van der Waals surface area contributed by atoms with Crippen molar-refractivity contribution >= 4 is 0 Å². The van der Waals surface area contributed by atoms with Crippen LogP contribution in [0.1, 0.15) is 30.1 Å². The van der Waals surface area contributed by atoms with E-state index in [2.05, 4.69) is 27.6 Å². The number of hydrogen-bond donors (Lipinski definition) is 1. The van der Waals surface area contributed by atoms with Gasteiger partial charge in [-0.1, -0.05) is 0 Å². The van der Waals surface area contributed by atoms with Crippen LogP contribution in [0, 0.1) is 0 Å². The van der Waals surface area contributed by atoms with Crippen molar-refractivity contribution in [1.82, 2.24) is 15.5 Å². The van der Waals surface area contributed by atoms with E-state index in [9.17, 15) is 0 Å². The summed E-state index contributed by atoms with van der Waals surface area (Å²) in [6, 6.07) is 4.15. The predicted molar refractivity (Wildman–Crippen MR) is 46.8 cm³/mol. The molecule has 64 valence electrons. The Kier molecular flexibility index (Phi) is 2.04. The zero-order valence-electron chi connectivity index (χ0n) is 7.25.